The van der Waals surface area contributed by atoms with Crippen LogP contribution in [0.1, 0.15) is 13.3 Å². The van der Waals surface area contributed by atoms with Crippen molar-refractivity contribution < 1.29 is 0 Å². The number of hydrogen-bond donors (Lipinski definition) is 0. The first kappa shape index (κ1) is 5.10. The van der Waals surface area contributed by atoms with E-state index >= 15 is 0 Å². The molecule has 1 rings (SSSR count). The van der Waals surface area contributed by atoms with Gasteiger partial charge in [-0.2, -0.15) is 0 Å². The Morgan fingerprint density at radius 3 is 2.86 bits per heavy atom. The SMILES string of the molecule is CC1[CH]CC[N]C1. The van der Waals surface area contributed by atoms with Crippen LogP contribution < -0.4 is 5.32 Å². The van der Waals surface area contributed by atoms with E-state index in [2.05, 4.69) is 18.7 Å². The number of nitrogens with zero attached hydrogens (tertiary/aromatic N) is 1. The third-order valence-electron chi connectivity index (χ3n) is 1.27. The van der Waals surface area contributed by atoms with Gasteiger partial charge in [-0.1, -0.05) is 6.92 Å². The highest BCUT2D eigenvalue weighted by molar-refractivity contribution is 4.79. The van der Waals surface area contributed by atoms with Gasteiger partial charge >= 0.3 is 0 Å². The van der Waals surface area contributed by atoms with Crippen LogP contribution in [0.2, 0.25) is 0 Å². The maximum atomic E-state index is 4.23. The molecule has 7 heavy (non-hydrogen) atoms. The number of piperidine rings is 1. The first-order chi connectivity index (χ1) is 3.39. The predicted octanol–water partition coefficient (Wildman–Crippen LogP) is 0.835. The summed E-state index contributed by atoms with van der Waals surface area (Å²) < 4.78 is 0. The molecule has 0 aliphatic carbocycles. The molecule has 0 aromatic rings. The molecular weight excluding hydrogens is 86.1 g/mol. The van der Waals surface area contributed by atoms with Gasteiger partial charge in [0.05, 0.1) is 0 Å². The molecule has 0 saturated carbocycles. The zero-order valence-corrected chi connectivity index (χ0v) is 4.72. The molecule has 1 fully saturated rings. The minimum atomic E-state index is 0.744. The predicted molar refractivity (Wildman–Crippen MR) is 29.9 cm³/mol. The van der Waals surface area contributed by atoms with Crippen LogP contribution in [-0.2, 0) is 0 Å². The molecule has 1 aliphatic rings. The molecule has 0 aromatic heterocycles. The monoisotopic (exact) mass is 97.1 g/mol. The lowest BCUT2D eigenvalue weighted by molar-refractivity contribution is 0.486. The molecule has 0 spiro atoms. The molecule has 1 saturated heterocycles. The van der Waals surface area contributed by atoms with Crippen LogP contribution in [0, 0.1) is 12.3 Å². The lowest BCUT2D eigenvalue weighted by Gasteiger charge is -2.15. The zero-order valence-electron chi connectivity index (χ0n) is 4.72. The Morgan fingerprint density at radius 2 is 2.57 bits per heavy atom. The molecule has 1 aliphatic heterocycles. The maximum absolute atomic E-state index is 4.23. The second-order valence-electron chi connectivity index (χ2n) is 2.13. The molecule has 1 heteroatoms. The summed E-state index contributed by atoms with van der Waals surface area (Å²) in [6.45, 7) is 4.33. The van der Waals surface area contributed by atoms with E-state index in [4.69, 9.17) is 0 Å². The van der Waals surface area contributed by atoms with E-state index in [9.17, 15) is 0 Å². The van der Waals surface area contributed by atoms with Crippen molar-refractivity contribution in [1.82, 2.24) is 5.32 Å². The van der Waals surface area contributed by atoms with Crippen LogP contribution in [0.5, 0.6) is 0 Å². The molecule has 0 aromatic carbocycles. The third-order valence-corrected chi connectivity index (χ3v) is 1.27. The summed E-state index contributed by atoms with van der Waals surface area (Å²) in [6, 6.07) is 0. The van der Waals surface area contributed by atoms with Gasteiger partial charge in [0.1, 0.15) is 0 Å². The Hall–Kier alpha value is -0.0400. The van der Waals surface area contributed by atoms with Crippen molar-refractivity contribution in [2.75, 3.05) is 13.1 Å². The topological polar surface area (TPSA) is 14.1 Å². The van der Waals surface area contributed by atoms with E-state index in [1.54, 1.807) is 0 Å². The highest BCUT2D eigenvalue weighted by Crippen LogP contribution is 2.06. The summed E-state index contributed by atoms with van der Waals surface area (Å²) in [5.41, 5.74) is 0. The molecule has 1 heterocycles. The van der Waals surface area contributed by atoms with Crippen LogP contribution in [0.3, 0.4) is 0 Å². The van der Waals surface area contributed by atoms with Gasteiger partial charge in [0.15, 0.2) is 0 Å². The van der Waals surface area contributed by atoms with Gasteiger partial charge in [0.25, 0.3) is 0 Å². The van der Waals surface area contributed by atoms with Gasteiger partial charge in [0.2, 0.25) is 0 Å². The van der Waals surface area contributed by atoms with E-state index in [-0.39, 0.29) is 0 Å². The van der Waals surface area contributed by atoms with E-state index in [1.165, 1.54) is 6.42 Å². The van der Waals surface area contributed by atoms with Gasteiger partial charge < -0.3 is 0 Å². The highest BCUT2D eigenvalue weighted by atomic mass is 14.9. The van der Waals surface area contributed by atoms with Crippen molar-refractivity contribution in [3.63, 3.8) is 0 Å². The van der Waals surface area contributed by atoms with Gasteiger partial charge in [-0.05, 0) is 18.8 Å². The summed E-state index contributed by atoms with van der Waals surface area (Å²) >= 11 is 0. The Bertz CT molecular complexity index is 46.1. The lowest BCUT2D eigenvalue weighted by Crippen LogP contribution is -2.22. The third kappa shape index (κ3) is 1.48. The fraction of sp³-hybridized carbons (Fsp3) is 0.833. The molecule has 1 atom stereocenters. The van der Waals surface area contributed by atoms with E-state index in [1.807, 2.05) is 0 Å². The first-order valence-electron chi connectivity index (χ1n) is 2.86. The smallest absolute Gasteiger partial charge is 0.0161 e. The standard InChI is InChI=1S/C6H11N/c1-6-3-2-4-7-5-6/h3,6H,2,4-5H2,1H3. The van der Waals surface area contributed by atoms with E-state index in [0.717, 1.165) is 19.0 Å². The van der Waals surface area contributed by atoms with Gasteiger partial charge in [-0.15, -0.1) is 0 Å². The number of rotatable bonds is 0. The van der Waals surface area contributed by atoms with Crippen LogP contribution in [0.15, 0.2) is 0 Å². The molecule has 0 N–H and O–H groups in total. The van der Waals surface area contributed by atoms with Gasteiger partial charge in [-0.3, -0.25) is 0 Å². The zero-order chi connectivity index (χ0) is 5.11. The van der Waals surface area contributed by atoms with Crippen LogP contribution in [0.25, 0.3) is 0 Å². The average molecular weight is 97.2 g/mol. The minimum absolute atomic E-state index is 0.744. The Labute approximate surface area is 45.1 Å². The minimum Gasteiger partial charge on any atom is -0.241 e. The lowest BCUT2D eigenvalue weighted by atomic mass is 10.0. The second-order valence-corrected chi connectivity index (χ2v) is 2.13. The van der Waals surface area contributed by atoms with Crippen LogP contribution >= 0.6 is 0 Å². The van der Waals surface area contributed by atoms with Crippen molar-refractivity contribution in [1.29, 1.82) is 0 Å². The molecule has 0 amide bonds. The Kier molecular flexibility index (Phi) is 1.69. The van der Waals surface area contributed by atoms with E-state index < -0.39 is 0 Å². The average Bonchev–Trinajstić information content (AvgIpc) is 1.69. The fourth-order valence-electron chi connectivity index (χ4n) is 0.820. The molecule has 1 nitrogen and oxygen atoms in total. The van der Waals surface area contributed by atoms with Gasteiger partial charge in [-0.25, -0.2) is 5.32 Å². The maximum Gasteiger partial charge on any atom is 0.0161 e. The summed E-state index contributed by atoms with van der Waals surface area (Å²) in [5.74, 6) is 0.744. The quantitative estimate of drug-likeness (QED) is 0.425. The van der Waals surface area contributed by atoms with Crippen LogP contribution in [0.4, 0.5) is 0 Å². The van der Waals surface area contributed by atoms with Crippen LogP contribution in [-0.4, -0.2) is 13.1 Å². The Balaban J connectivity index is 2.12. The summed E-state index contributed by atoms with van der Waals surface area (Å²) in [6.07, 6.45) is 3.54. The molecular formula is C6H11N. The normalized spacial score (nSPS) is 33.0. The van der Waals surface area contributed by atoms with E-state index in [0.29, 0.717) is 0 Å². The summed E-state index contributed by atoms with van der Waals surface area (Å²) in [5, 5.41) is 4.23. The van der Waals surface area contributed by atoms with Crippen molar-refractivity contribution in [3.8, 4) is 0 Å². The molecule has 1 unspecified atom stereocenters. The Morgan fingerprint density at radius 1 is 1.71 bits per heavy atom. The fourth-order valence-corrected chi connectivity index (χ4v) is 0.820. The van der Waals surface area contributed by atoms with Crippen molar-refractivity contribution >= 4 is 0 Å². The second kappa shape index (κ2) is 2.31. The van der Waals surface area contributed by atoms with Crippen molar-refractivity contribution in [3.05, 3.63) is 6.42 Å². The number of hydrogen-bond acceptors (Lipinski definition) is 0. The molecule has 40 valence electrons. The summed E-state index contributed by atoms with van der Waals surface area (Å²) in [7, 11) is 0. The molecule has 0 bridgehead atoms. The van der Waals surface area contributed by atoms with Gasteiger partial charge in [0, 0.05) is 13.1 Å². The molecule has 2 radical (unpaired) electrons. The summed E-state index contributed by atoms with van der Waals surface area (Å²) in [4.78, 5) is 0. The highest BCUT2D eigenvalue weighted by Gasteiger charge is 2.06. The first-order valence-corrected chi connectivity index (χ1v) is 2.86. The largest absolute Gasteiger partial charge is 0.241 e. The van der Waals surface area contributed by atoms with Crippen molar-refractivity contribution in [2.45, 2.75) is 13.3 Å². The van der Waals surface area contributed by atoms with Crippen molar-refractivity contribution in [2.24, 2.45) is 5.92 Å².